The summed E-state index contributed by atoms with van der Waals surface area (Å²) in [5, 5.41) is 4.70. The lowest BCUT2D eigenvalue weighted by Crippen LogP contribution is -2.44. The Morgan fingerprint density at radius 2 is 2.00 bits per heavy atom. The van der Waals surface area contributed by atoms with Crippen LogP contribution in [-0.2, 0) is 7.05 Å². The number of fused-ring (bicyclic) bond motifs is 3. The number of aryl methyl sites for hydroxylation is 1. The van der Waals surface area contributed by atoms with Crippen LogP contribution >= 0.6 is 11.3 Å². The molecule has 2 aromatic heterocycles. The van der Waals surface area contributed by atoms with Gasteiger partial charge in [0.1, 0.15) is 4.83 Å². The van der Waals surface area contributed by atoms with E-state index in [0.717, 1.165) is 37.0 Å². The maximum atomic E-state index is 4.85. The smallest absolute Gasteiger partial charge is 0.207 e. The van der Waals surface area contributed by atoms with Crippen molar-refractivity contribution in [2.24, 2.45) is 7.05 Å². The Kier molecular flexibility index (Phi) is 2.50. The molecule has 4 nitrogen and oxygen atoms in total. The van der Waals surface area contributed by atoms with Crippen molar-refractivity contribution in [2.75, 3.05) is 31.1 Å². The van der Waals surface area contributed by atoms with Gasteiger partial charge in [0.15, 0.2) is 0 Å². The molecule has 3 aromatic rings. The third-order valence-corrected chi connectivity index (χ3v) is 4.84. The average Bonchev–Trinajstić information content (AvgIpc) is 2.97. The number of nitrogens with one attached hydrogen (secondary N) is 1. The summed E-state index contributed by atoms with van der Waals surface area (Å²) in [6, 6.07) is 8.56. The van der Waals surface area contributed by atoms with E-state index >= 15 is 0 Å². The van der Waals surface area contributed by atoms with Crippen molar-refractivity contribution in [3.8, 4) is 0 Å². The zero-order chi connectivity index (χ0) is 12.8. The first kappa shape index (κ1) is 11.3. The van der Waals surface area contributed by atoms with E-state index in [4.69, 9.17) is 4.98 Å². The molecule has 1 aliphatic heterocycles. The minimum absolute atomic E-state index is 1.04. The number of rotatable bonds is 1. The summed E-state index contributed by atoms with van der Waals surface area (Å²) in [6.45, 7) is 4.16. The molecule has 0 saturated carbocycles. The fraction of sp³-hybridized carbons (Fsp3) is 0.357. The molecular weight excluding hydrogens is 256 g/mol. The normalized spacial score (nSPS) is 16.6. The lowest BCUT2D eigenvalue weighted by atomic mass is 10.2. The number of nitrogens with zero attached hydrogens (tertiary/aromatic N) is 3. The highest BCUT2D eigenvalue weighted by Crippen LogP contribution is 2.35. The largest absolute Gasteiger partial charge is 0.340 e. The highest BCUT2D eigenvalue weighted by atomic mass is 32.1. The van der Waals surface area contributed by atoms with Gasteiger partial charge in [-0.25, -0.2) is 4.98 Å². The molecule has 4 rings (SSSR count). The van der Waals surface area contributed by atoms with Gasteiger partial charge >= 0.3 is 0 Å². The molecule has 1 fully saturated rings. The molecule has 0 radical (unpaired) electrons. The molecule has 1 saturated heterocycles. The number of hydrogen-bond donors (Lipinski definition) is 1. The molecule has 5 heteroatoms. The van der Waals surface area contributed by atoms with Crippen LogP contribution in [0.4, 0.5) is 5.95 Å². The minimum Gasteiger partial charge on any atom is -0.340 e. The summed E-state index contributed by atoms with van der Waals surface area (Å²) >= 11 is 1.79. The Bertz CT molecular complexity index is 736. The fourth-order valence-electron chi connectivity index (χ4n) is 2.83. The summed E-state index contributed by atoms with van der Waals surface area (Å²) in [7, 11) is 2.13. The van der Waals surface area contributed by atoms with Gasteiger partial charge in [0.2, 0.25) is 5.95 Å². The second-order valence-electron chi connectivity index (χ2n) is 4.96. The Labute approximate surface area is 115 Å². The third kappa shape index (κ3) is 1.65. The molecule has 0 atom stereocenters. The lowest BCUT2D eigenvalue weighted by Gasteiger charge is -2.28. The van der Waals surface area contributed by atoms with Crippen LogP contribution < -0.4 is 10.2 Å². The van der Waals surface area contributed by atoms with Gasteiger partial charge in [-0.3, -0.25) is 0 Å². The van der Waals surface area contributed by atoms with E-state index in [1.165, 1.54) is 15.6 Å². The first-order chi connectivity index (χ1) is 9.34. The van der Waals surface area contributed by atoms with Crippen molar-refractivity contribution in [1.82, 2.24) is 14.9 Å². The predicted octanol–water partition coefficient (Wildman–Crippen LogP) is 2.20. The number of anilines is 1. The molecule has 0 spiro atoms. The summed E-state index contributed by atoms with van der Waals surface area (Å²) in [4.78, 5) is 8.38. The SMILES string of the molecule is Cn1c(N2CCNCC2)nc2sc3ccccc3c21. The van der Waals surface area contributed by atoms with E-state index in [1.807, 2.05) is 0 Å². The van der Waals surface area contributed by atoms with Crippen molar-refractivity contribution in [3.05, 3.63) is 24.3 Å². The number of benzene rings is 1. The van der Waals surface area contributed by atoms with Gasteiger partial charge in [-0.2, -0.15) is 0 Å². The Hall–Kier alpha value is -1.59. The van der Waals surface area contributed by atoms with Crippen molar-refractivity contribution < 1.29 is 0 Å². The average molecular weight is 272 g/mol. The number of piperazine rings is 1. The third-order valence-electron chi connectivity index (χ3n) is 3.79. The van der Waals surface area contributed by atoms with Gasteiger partial charge in [0, 0.05) is 43.3 Å². The number of aromatic nitrogens is 2. The first-order valence-corrected chi connectivity index (χ1v) is 7.46. The van der Waals surface area contributed by atoms with Crippen LogP contribution in [0, 0.1) is 0 Å². The van der Waals surface area contributed by atoms with Gasteiger partial charge in [0.25, 0.3) is 0 Å². The van der Waals surface area contributed by atoms with Crippen LogP contribution in [0.3, 0.4) is 0 Å². The van der Waals surface area contributed by atoms with Crippen molar-refractivity contribution >= 4 is 37.7 Å². The molecule has 1 aliphatic rings. The van der Waals surface area contributed by atoms with Crippen LogP contribution in [0.25, 0.3) is 20.4 Å². The molecule has 3 heterocycles. The van der Waals surface area contributed by atoms with Crippen LogP contribution in [-0.4, -0.2) is 35.7 Å². The maximum absolute atomic E-state index is 4.85. The van der Waals surface area contributed by atoms with E-state index in [-0.39, 0.29) is 0 Å². The molecule has 0 bridgehead atoms. The molecule has 1 aromatic carbocycles. The van der Waals surface area contributed by atoms with Gasteiger partial charge in [0.05, 0.1) is 5.52 Å². The second kappa shape index (κ2) is 4.21. The molecule has 19 heavy (non-hydrogen) atoms. The molecule has 0 amide bonds. The van der Waals surface area contributed by atoms with Crippen LogP contribution in [0.2, 0.25) is 0 Å². The van der Waals surface area contributed by atoms with Crippen molar-refractivity contribution in [2.45, 2.75) is 0 Å². The fourth-order valence-corrected chi connectivity index (χ4v) is 3.93. The van der Waals surface area contributed by atoms with E-state index in [0.29, 0.717) is 0 Å². The van der Waals surface area contributed by atoms with E-state index in [1.54, 1.807) is 11.3 Å². The number of hydrogen-bond acceptors (Lipinski definition) is 4. The highest BCUT2D eigenvalue weighted by Gasteiger charge is 2.19. The Balaban J connectivity index is 1.91. The van der Waals surface area contributed by atoms with Gasteiger partial charge in [-0.1, -0.05) is 18.2 Å². The summed E-state index contributed by atoms with van der Waals surface area (Å²) in [5.74, 6) is 1.11. The van der Waals surface area contributed by atoms with E-state index < -0.39 is 0 Å². The number of thiophene rings is 1. The standard InChI is InChI=1S/C14H16N4S/c1-17-12-10-4-2-3-5-11(10)19-13(12)16-14(17)18-8-6-15-7-9-18/h2-5,15H,6-9H2,1H3. The Morgan fingerprint density at radius 1 is 1.21 bits per heavy atom. The molecule has 98 valence electrons. The monoisotopic (exact) mass is 272 g/mol. The lowest BCUT2D eigenvalue weighted by molar-refractivity contribution is 0.575. The van der Waals surface area contributed by atoms with Crippen LogP contribution in [0.15, 0.2) is 24.3 Å². The summed E-state index contributed by atoms with van der Waals surface area (Å²) < 4.78 is 3.57. The van der Waals surface area contributed by atoms with Gasteiger partial charge in [-0.15, -0.1) is 11.3 Å². The minimum atomic E-state index is 1.04. The molecule has 0 aliphatic carbocycles. The predicted molar refractivity (Wildman–Crippen MR) is 81.2 cm³/mol. The highest BCUT2D eigenvalue weighted by molar-refractivity contribution is 7.25. The van der Waals surface area contributed by atoms with Crippen LogP contribution in [0.1, 0.15) is 0 Å². The van der Waals surface area contributed by atoms with Gasteiger partial charge < -0.3 is 14.8 Å². The topological polar surface area (TPSA) is 33.1 Å². The Morgan fingerprint density at radius 3 is 2.84 bits per heavy atom. The van der Waals surface area contributed by atoms with E-state index in [9.17, 15) is 0 Å². The van der Waals surface area contributed by atoms with Crippen LogP contribution in [0.5, 0.6) is 0 Å². The maximum Gasteiger partial charge on any atom is 0.207 e. The van der Waals surface area contributed by atoms with E-state index in [2.05, 4.69) is 46.1 Å². The summed E-state index contributed by atoms with van der Waals surface area (Å²) in [5.41, 5.74) is 1.27. The zero-order valence-electron chi connectivity index (χ0n) is 10.9. The summed E-state index contributed by atoms with van der Waals surface area (Å²) in [6.07, 6.45) is 0. The second-order valence-corrected chi connectivity index (χ2v) is 5.99. The molecule has 0 unspecified atom stereocenters. The quantitative estimate of drug-likeness (QED) is 0.737. The van der Waals surface area contributed by atoms with Gasteiger partial charge in [-0.05, 0) is 6.07 Å². The van der Waals surface area contributed by atoms with Crippen molar-refractivity contribution in [3.63, 3.8) is 0 Å². The van der Waals surface area contributed by atoms with Crippen molar-refractivity contribution in [1.29, 1.82) is 0 Å². The molecule has 1 N–H and O–H groups in total. The molecular formula is C14H16N4S. The first-order valence-electron chi connectivity index (χ1n) is 6.64. The zero-order valence-corrected chi connectivity index (χ0v) is 11.7. The number of imidazole rings is 1.